The summed E-state index contributed by atoms with van der Waals surface area (Å²) in [5.74, 6) is 3.21. The van der Waals surface area contributed by atoms with Crippen LogP contribution < -0.4 is 35.9 Å². The molecule has 0 spiro atoms. The predicted molar refractivity (Wildman–Crippen MR) is 130 cm³/mol. The van der Waals surface area contributed by atoms with Crippen molar-refractivity contribution in [2.75, 3.05) is 27.2 Å². The summed E-state index contributed by atoms with van der Waals surface area (Å²) in [6, 6.07) is 17.3. The van der Waals surface area contributed by atoms with Crippen LogP contribution in [0.2, 0.25) is 0 Å². The molecule has 2 atom stereocenters. The summed E-state index contributed by atoms with van der Waals surface area (Å²) in [5, 5.41) is 0. The minimum absolute atomic E-state index is 0. The predicted octanol–water partition coefficient (Wildman–Crippen LogP) is 1.23. The fourth-order valence-electron chi connectivity index (χ4n) is 6.46. The second kappa shape index (κ2) is 9.26. The van der Waals surface area contributed by atoms with Gasteiger partial charge in [0.1, 0.15) is 19.1 Å². The maximum absolute atomic E-state index is 11.9. The average Bonchev–Trinajstić information content (AvgIpc) is 3.56. The lowest BCUT2D eigenvalue weighted by molar-refractivity contribution is -0.985. The molecule has 7 rings (SSSR count). The quantitative estimate of drug-likeness (QED) is 0.350. The molecular weight excluding hydrogens is 538 g/mol. The van der Waals surface area contributed by atoms with Crippen LogP contribution >= 0.6 is 0 Å². The number of carbonyl (C=O) groups is 1. The van der Waals surface area contributed by atoms with Gasteiger partial charge in [-0.25, -0.2) is 0 Å². The lowest BCUT2D eigenvalue weighted by Crippen LogP contribution is -3.00. The monoisotopic (exact) mass is 565 g/mol. The molecule has 192 valence electrons. The van der Waals surface area contributed by atoms with Gasteiger partial charge in [0.05, 0.1) is 25.6 Å². The van der Waals surface area contributed by atoms with E-state index in [1.165, 1.54) is 34.9 Å². The van der Waals surface area contributed by atoms with Gasteiger partial charge < -0.3 is 45.1 Å². The van der Waals surface area contributed by atoms with Gasteiger partial charge >= 0.3 is 5.97 Å². The number of ether oxygens (including phenoxy) is 5. The van der Waals surface area contributed by atoms with Crippen LogP contribution in [-0.2, 0) is 41.9 Å². The molecule has 0 bridgehead atoms. The van der Waals surface area contributed by atoms with Crippen molar-refractivity contribution in [3.05, 3.63) is 81.9 Å². The van der Waals surface area contributed by atoms with Gasteiger partial charge in [-0.3, -0.25) is 4.79 Å². The molecule has 0 saturated heterocycles. The minimum Gasteiger partial charge on any atom is -1.00 e. The number of fused-ring (bicyclic) bond motifs is 7. The number of halogens is 1. The largest absolute Gasteiger partial charge is 1.00 e. The zero-order chi connectivity index (χ0) is 24.3. The fraction of sp³-hybridized carbons (Fsp3) is 0.345. The molecule has 0 amide bonds. The van der Waals surface area contributed by atoms with Crippen molar-refractivity contribution in [1.82, 2.24) is 0 Å². The summed E-state index contributed by atoms with van der Waals surface area (Å²) in [6.07, 6.45) is 2.16. The number of esters is 1. The Morgan fingerprint density at radius 1 is 0.946 bits per heavy atom. The first-order chi connectivity index (χ1) is 17.6. The van der Waals surface area contributed by atoms with E-state index in [1.807, 2.05) is 18.2 Å². The standard InChI is InChI=1S/C29H28NO6.BrH/c1-32-28(31)10-18-3-2-4-19(9-18)14-30-8-7-21-12-26-27(35-16-34-26)13-22(21)24(30)11-20-5-6-25-29(23(20)15-30)36-17-33-25;/h2-6,9,12-13,24H,7-8,10-11,14-17H2,1H3;1H/q+1;/p-1. The number of benzene rings is 3. The molecule has 2 unspecified atom stereocenters. The van der Waals surface area contributed by atoms with E-state index in [1.54, 1.807) is 0 Å². The van der Waals surface area contributed by atoms with E-state index in [-0.39, 0.29) is 49.0 Å². The summed E-state index contributed by atoms with van der Waals surface area (Å²) in [6.45, 7) is 3.28. The van der Waals surface area contributed by atoms with Crippen LogP contribution in [0.5, 0.6) is 23.0 Å². The minimum atomic E-state index is -0.223. The normalized spacial score (nSPS) is 21.8. The zero-order valence-corrected chi connectivity index (χ0v) is 22.2. The van der Waals surface area contributed by atoms with E-state index in [0.717, 1.165) is 65.5 Å². The van der Waals surface area contributed by atoms with Crippen molar-refractivity contribution in [2.24, 2.45) is 0 Å². The molecule has 37 heavy (non-hydrogen) atoms. The topological polar surface area (TPSA) is 63.2 Å². The number of nitrogens with zero attached hydrogens (tertiary/aromatic N) is 1. The molecule has 3 aromatic rings. The van der Waals surface area contributed by atoms with Crippen molar-refractivity contribution in [3.8, 4) is 23.0 Å². The van der Waals surface area contributed by atoms with Gasteiger partial charge in [0, 0.05) is 24.0 Å². The Kier molecular flexibility index (Phi) is 6.04. The third kappa shape index (κ3) is 4.03. The Morgan fingerprint density at radius 3 is 2.59 bits per heavy atom. The molecule has 3 aromatic carbocycles. The van der Waals surface area contributed by atoms with Crippen molar-refractivity contribution >= 4 is 5.97 Å². The van der Waals surface area contributed by atoms with Gasteiger partial charge in [-0.15, -0.1) is 0 Å². The Labute approximate surface area is 226 Å². The second-order valence-corrected chi connectivity index (χ2v) is 10.1. The van der Waals surface area contributed by atoms with E-state index in [4.69, 9.17) is 23.7 Å². The van der Waals surface area contributed by atoms with Gasteiger partial charge in [0.15, 0.2) is 23.0 Å². The molecular formula is C29H28BrNO6. The van der Waals surface area contributed by atoms with Gasteiger partial charge in [-0.1, -0.05) is 24.3 Å². The second-order valence-electron chi connectivity index (χ2n) is 10.1. The molecule has 0 fully saturated rings. The van der Waals surface area contributed by atoms with E-state index in [2.05, 4.69) is 30.3 Å². The molecule has 0 saturated carbocycles. The summed E-state index contributed by atoms with van der Waals surface area (Å²) in [5.41, 5.74) is 7.48. The summed E-state index contributed by atoms with van der Waals surface area (Å²) in [4.78, 5) is 11.9. The van der Waals surface area contributed by atoms with Crippen LogP contribution in [0.25, 0.3) is 0 Å². The number of quaternary nitrogens is 1. The first-order valence-corrected chi connectivity index (χ1v) is 12.4. The van der Waals surface area contributed by atoms with E-state index < -0.39 is 0 Å². The average molecular weight is 566 g/mol. The van der Waals surface area contributed by atoms with Gasteiger partial charge in [-0.2, -0.15) is 0 Å². The first-order valence-electron chi connectivity index (χ1n) is 12.4. The molecule has 0 radical (unpaired) electrons. The fourth-order valence-corrected chi connectivity index (χ4v) is 6.46. The lowest BCUT2D eigenvalue weighted by Gasteiger charge is -2.51. The van der Waals surface area contributed by atoms with E-state index in [0.29, 0.717) is 0 Å². The van der Waals surface area contributed by atoms with Crippen LogP contribution in [0.4, 0.5) is 0 Å². The van der Waals surface area contributed by atoms with Crippen molar-refractivity contribution in [1.29, 1.82) is 0 Å². The smallest absolute Gasteiger partial charge is 0.309 e. The maximum atomic E-state index is 11.9. The van der Waals surface area contributed by atoms with E-state index >= 15 is 0 Å². The van der Waals surface area contributed by atoms with Crippen LogP contribution in [-0.4, -0.2) is 37.7 Å². The Morgan fingerprint density at radius 2 is 1.73 bits per heavy atom. The Balaban J connectivity index is 0.00000252. The zero-order valence-electron chi connectivity index (χ0n) is 20.6. The summed E-state index contributed by atoms with van der Waals surface area (Å²) >= 11 is 0. The van der Waals surface area contributed by atoms with Crippen molar-refractivity contribution < 1.29 is 49.9 Å². The number of hydrogen-bond acceptors (Lipinski definition) is 6. The maximum Gasteiger partial charge on any atom is 0.309 e. The number of carbonyl (C=O) groups excluding carboxylic acids is 1. The summed E-state index contributed by atoms with van der Waals surface area (Å²) < 4.78 is 28.9. The number of methoxy groups -OCH3 is 1. The highest BCUT2D eigenvalue weighted by Crippen LogP contribution is 2.51. The van der Waals surface area contributed by atoms with Crippen LogP contribution in [0.1, 0.15) is 39.4 Å². The van der Waals surface area contributed by atoms with Crippen LogP contribution in [0.15, 0.2) is 48.5 Å². The number of rotatable bonds is 4. The molecule has 0 aromatic heterocycles. The third-order valence-electron chi connectivity index (χ3n) is 8.17. The van der Waals surface area contributed by atoms with Crippen LogP contribution in [0, 0.1) is 0 Å². The Hall–Kier alpha value is -3.23. The highest BCUT2D eigenvalue weighted by molar-refractivity contribution is 5.72. The molecule has 0 N–H and O–H groups in total. The molecule has 4 aliphatic rings. The third-order valence-corrected chi connectivity index (χ3v) is 8.17. The Bertz CT molecular complexity index is 1390. The van der Waals surface area contributed by atoms with Gasteiger partial charge in [-0.05, 0) is 41.0 Å². The summed E-state index contributed by atoms with van der Waals surface area (Å²) in [7, 11) is 1.43. The molecule has 4 aliphatic heterocycles. The SMILES string of the molecule is COC(=O)Cc1cccc(C[N+]23CCc4cc5c(cc4C2Cc2ccc4c(c2C3)OCO4)OCO5)c1.[Br-]. The van der Waals surface area contributed by atoms with Gasteiger partial charge in [0.2, 0.25) is 13.6 Å². The van der Waals surface area contributed by atoms with Crippen molar-refractivity contribution in [3.63, 3.8) is 0 Å². The number of hydrogen-bond donors (Lipinski definition) is 0. The van der Waals surface area contributed by atoms with Crippen LogP contribution in [0.3, 0.4) is 0 Å². The van der Waals surface area contributed by atoms with Crippen molar-refractivity contribution in [2.45, 2.75) is 38.4 Å². The molecule has 8 heteroatoms. The molecule has 7 nitrogen and oxygen atoms in total. The van der Waals surface area contributed by atoms with Gasteiger partial charge in [0.25, 0.3) is 0 Å². The molecule has 0 aliphatic carbocycles. The highest BCUT2D eigenvalue weighted by Gasteiger charge is 2.48. The highest BCUT2D eigenvalue weighted by atomic mass is 79.9. The first kappa shape index (κ1) is 24.1. The lowest BCUT2D eigenvalue weighted by atomic mass is 9.80. The molecule has 4 heterocycles. The van der Waals surface area contributed by atoms with E-state index in [9.17, 15) is 4.79 Å².